The van der Waals surface area contributed by atoms with E-state index >= 15 is 0 Å². The Labute approximate surface area is 157 Å². The van der Waals surface area contributed by atoms with Crippen LogP contribution in [0.1, 0.15) is 27.9 Å². The third kappa shape index (κ3) is 3.39. The van der Waals surface area contributed by atoms with Crippen LogP contribution in [0.2, 0.25) is 5.02 Å². The molecule has 6 nitrogen and oxygen atoms in total. The van der Waals surface area contributed by atoms with Crippen LogP contribution in [0.3, 0.4) is 0 Å². The quantitative estimate of drug-likeness (QED) is 0.873. The smallest absolute Gasteiger partial charge is 0.257 e. The Morgan fingerprint density at radius 2 is 2.08 bits per heavy atom. The molecule has 26 heavy (non-hydrogen) atoms. The highest BCUT2D eigenvalue weighted by molar-refractivity contribution is 6.30. The summed E-state index contributed by atoms with van der Waals surface area (Å²) in [5, 5.41) is 4.11. The molecule has 2 aromatic rings. The summed E-state index contributed by atoms with van der Waals surface area (Å²) in [7, 11) is 1.65. The first kappa shape index (κ1) is 17.2. The van der Waals surface area contributed by atoms with Gasteiger partial charge in [-0.3, -0.25) is 4.79 Å². The maximum Gasteiger partial charge on any atom is 0.257 e. The summed E-state index contributed by atoms with van der Waals surface area (Å²) in [5.74, 6) is 0.510. The van der Waals surface area contributed by atoms with Crippen molar-refractivity contribution in [2.45, 2.75) is 31.3 Å². The van der Waals surface area contributed by atoms with Gasteiger partial charge >= 0.3 is 0 Å². The van der Waals surface area contributed by atoms with Gasteiger partial charge in [-0.05, 0) is 42.5 Å². The molecule has 0 spiro atoms. The molecule has 2 aliphatic rings. The zero-order valence-electron chi connectivity index (χ0n) is 14.6. The lowest BCUT2D eigenvalue weighted by Gasteiger charge is -2.40. The zero-order valence-corrected chi connectivity index (χ0v) is 15.4. The number of nitrogens with zero attached hydrogens (tertiary/aromatic N) is 3. The fraction of sp³-hybridized carbons (Fsp3) is 0.421. The monoisotopic (exact) mass is 372 g/mol. The van der Waals surface area contributed by atoms with E-state index in [1.165, 1.54) is 11.1 Å². The van der Waals surface area contributed by atoms with Crippen molar-refractivity contribution in [3.8, 4) is 0 Å². The van der Waals surface area contributed by atoms with Crippen LogP contribution >= 0.6 is 11.6 Å². The summed E-state index contributed by atoms with van der Waals surface area (Å²) < 4.78 is 5.15. The second kappa shape index (κ2) is 7.21. The van der Waals surface area contributed by atoms with E-state index in [0.717, 1.165) is 30.8 Å². The number of rotatable bonds is 5. The molecule has 136 valence electrons. The number of nitrogens with one attached hydrogen (secondary N) is 1. The average molecular weight is 373 g/mol. The fourth-order valence-corrected chi connectivity index (χ4v) is 3.82. The highest BCUT2D eigenvalue weighted by Gasteiger charge is 2.33. The first-order valence-corrected chi connectivity index (χ1v) is 9.17. The third-order valence-corrected chi connectivity index (χ3v) is 5.33. The maximum atomic E-state index is 12.5. The number of aromatic nitrogens is 2. The largest absolute Gasteiger partial charge is 0.383 e. The predicted octanol–water partition coefficient (Wildman–Crippen LogP) is 2.57. The van der Waals surface area contributed by atoms with Crippen LogP contribution in [0, 0.1) is 0 Å². The SMILES string of the molecule is COCC1CCN1C(=O)c1cnc(NC2Cc3ccc(Cl)cc3C2)nc1. The third-order valence-electron chi connectivity index (χ3n) is 5.10. The summed E-state index contributed by atoms with van der Waals surface area (Å²) >= 11 is 6.06. The van der Waals surface area contributed by atoms with Crippen LogP contribution in [0.15, 0.2) is 30.6 Å². The molecule has 2 heterocycles. The predicted molar refractivity (Wildman–Crippen MR) is 99.6 cm³/mol. The van der Waals surface area contributed by atoms with Crippen molar-refractivity contribution in [3.05, 3.63) is 52.3 Å². The fourth-order valence-electron chi connectivity index (χ4n) is 3.62. The molecule has 2 unspecified atom stereocenters. The van der Waals surface area contributed by atoms with Crippen LogP contribution in [-0.4, -0.2) is 53.1 Å². The number of amides is 1. The topological polar surface area (TPSA) is 67.3 Å². The van der Waals surface area contributed by atoms with E-state index in [9.17, 15) is 4.79 Å². The van der Waals surface area contributed by atoms with E-state index in [4.69, 9.17) is 16.3 Å². The molecule has 1 aromatic heterocycles. The van der Waals surface area contributed by atoms with Gasteiger partial charge in [-0.25, -0.2) is 9.97 Å². The van der Waals surface area contributed by atoms with Crippen molar-refractivity contribution in [1.29, 1.82) is 0 Å². The number of methoxy groups -OCH3 is 1. The second-order valence-corrected chi connectivity index (χ2v) is 7.29. The summed E-state index contributed by atoms with van der Waals surface area (Å²) in [4.78, 5) is 23.0. The number of halogens is 1. The van der Waals surface area contributed by atoms with Crippen molar-refractivity contribution in [1.82, 2.24) is 14.9 Å². The summed E-state index contributed by atoms with van der Waals surface area (Å²) in [6, 6.07) is 6.42. The Balaban J connectivity index is 1.37. The Bertz CT molecular complexity index is 812. The van der Waals surface area contributed by atoms with Crippen LogP contribution in [0.4, 0.5) is 5.95 Å². The number of benzene rings is 1. The van der Waals surface area contributed by atoms with E-state index < -0.39 is 0 Å². The molecular weight excluding hydrogens is 352 g/mol. The molecular formula is C19H21ClN4O2. The number of fused-ring (bicyclic) bond motifs is 1. The van der Waals surface area contributed by atoms with E-state index in [1.807, 2.05) is 17.0 Å². The zero-order chi connectivity index (χ0) is 18.1. The summed E-state index contributed by atoms with van der Waals surface area (Å²) in [6.45, 7) is 1.33. The molecule has 1 aromatic carbocycles. The van der Waals surface area contributed by atoms with Gasteiger partial charge in [0.1, 0.15) is 0 Å². The van der Waals surface area contributed by atoms with E-state index in [1.54, 1.807) is 19.5 Å². The van der Waals surface area contributed by atoms with Gasteiger partial charge in [0.15, 0.2) is 0 Å². The minimum absolute atomic E-state index is 0.0345. The molecule has 1 saturated heterocycles. The molecule has 2 atom stereocenters. The first-order chi connectivity index (χ1) is 12.6. The minimum Gasteiger partial charge on any atom is -0.383 e. The Hall–Kier alpha value is -2.18. The molecule has 1 aliphatic carbocycles. The first-order valence-electron chi connectivity index (χ1n) is 8.80. The van der Waals surface area contributed by atoms with Crippen molar-refractivity contribution >= 4 is 23.5 Å². The van der Waals surface area contributed by atoms with Crippen molar-refractivity contribution in [3.63, 3.8) is 0 Å². The van der Waals surface area contributed by atoms with Gasteiger partial charge in [-0.1, -0.05) is 17.7 Å². The van der Waals surface area contributed by atoms with E-state index in [0.29, 0.717) is 18.1 Å². The van der Waals surface area contributed by atoms with Crippen molar-refractivity contribution in [2.75, 3.05) is 25.6 Å². The van der Waals surface area contributed by atoms with Crippen LogP contribution < -0.4 is 5.32 Å². The molecule has 1 amide bonds. The molecule has 1 aliphatic heterocycles. The number of carbonyl (C=O) groups excluding carboxylic acids is 1. The normalized spacial score (nSPS) is 21.2. The van der Waals surface area contributed by atoms with Crippen LogP contribution in [-0.2, 0) is 17.6 Å². The van der Waals surface area contributed by atoms with Gasteiger partial charge in [-0.15, -0.1) is 0 Å². The standard InChI is InChI=1S/C19H21ClN4O2/c1-26-11-17-4-5-24(17)18(25)14-9-21-19(22-10-14)23-16-7-12-2-3-15(20)6-13(12)8-16/h2-3,6,9-10,16-17H,4-5,7-8,11H2,1H3,(H,21,22,23). The van der Waals surface area contributed by atoms with Gasteiger partial charge in [0.05, 0.1) is 18.2 Å². The number of hydrogen-bond acceptors (Lipinski definition) is 5. The van der Waals surface area contributed by atoms with E-state index in [-0.39, 0.29) is 18.0 Å². The lowest BCUT2D eigenvalue weighted by Crippen LogP contribution is -2.53. The van der Waals surface area contributed by atoms with Gasteiger partial charge in [0.25, 0.3) is 5.91 Å². The lowest BCUT2D eigenvalue weighted by atomic mass is 10.0. The highest BCUT2D eigenvalue weighted by atomic mass is 35.5. The van der Waals surface area contributed by atoms with Crippen LogP contribution in [0.25, 0.3) is 0 Å². The average Bonchev–Trinajstić information content (AvgIpc) is 3.00. The number of ether oxygens (including phenoxy) is 1. The molecule has 1 fully saturated rings. The summed E-state index contributed by atoms with van der Waals surface area (Å²) in [6.07, 6.45) is 5.99. The van der Waals surface area contributed by atoms with Crippen LogP contribution in [0.5, 0.6) is 0 Å². The van der Waals surface area contributed by atoms with Gasteiger partial charge < -0.3 is 15.0 Å². The lowest BCUT2D eigenvalue weighted by molar-refractivity contribution is 0.0201. The Morgan fingerprint density at radius 1 is 1.31 bits per heavy atom. The number of likely N-dealkylation sites (tertiary alicyclic amines) is 1. The molecule has 1 N–H and O–H groups in total. The molecule has 4 rings (SSSR count). The van der Waals surface area contributed by atoms with Crippen molar-refractivity contribution in [2.24, 2.45) is 0 Å². The minimum atomic E-state index is -0.0345. The van der Waals surface area contributed by atoms with Crippen molar-refractivity contribution < 1.29 is 9.53 Å². The number of carbonyl (C=O) groups is 1. The molecule has 0 bridgehead atoms. The van der Waals surface area contributed by atoms with E-state index in [2.05, 4.69) is 21.4 Å². The van der Waals surface area contributed by atoms with Gasteiger partial charge in [0, 0.05) is 37.1 Å². The molecule has 0 radical (unpaired) electrons. The Kier molecular flexibility index (Phi) is 4.78. The second-order valence-electron chi connectivity index (χ2n) is 6.85. The molecule has 7 heteroatoms. The van der Waals surface area contributed by atoms with Gasteiger partial charge in [-0.2, -0.15) is 0 Å². The highest BCUT2D eigenvalue weighted by Crippen LogP contribution is 2.27. The van der Waals surface area contributed by atoms with Gasteiger partial charge in [0.2, 0.25) is 5.95 Å². The number of hydrogen-bond donors (Lipinski definition) is 1. The Morgan fingerprint density at radius 3 is 2.77 bits per heavy atom. The number of anilines is 1. The molecule has 0 saturated carbocycles. The maximum absolute atomic E-state index is 12.5. The summed E-state index contributed by atoms with van der Waals surface area (Å²) in [5.41, 5.74) is 3.09.